The van der Waals surface area contributed by atoms with Crippen LogP contribution < -0.4 is 0 Å². The topological polar surface area (TPSA) is 100 Å². The van der Waals surface area contributed by atoms with E-state index in [0.717, 1.165) is 44.7 Å². The molecule has 9 nitrogen and oxygen atoms in total. The Morgan fingerprint density at radius 1 is 1.25 bits per heavy atom. The van der Waals surface area contributed by atoms with E-state index in [2.05, 4.69) is 43.9 Å². The van der Waals surface area contributed by atoms with Crippen LogP contribution in [0.2, 0.25) is 5.02 Å². The highest BCUT2D eigenvalue weighted by atomic mass is 35.5. The van der Waals surface area contributed by atoms with Gasteiger partial charge < -0.3 is 9.30 Å². The van der Waals surface area contributed by atoms with E-state index in [1.54, 1.807) is 22.6 Å². The summed E-state index contributed by atoms with van der Waals surface area (Å²) >= 11 is 8.92. The molecule has 1 aliphatic carbocycles. The van der Waals surface area contributed by atoms with Gasteiger partial charge in [-0.3, -0.25) is 0 Å². The standard InChI is InChI=1S/C24H22ClN7O2S2/c1-4-31-20(16-9-15(16)13-5-7-14(25)8-6-13)28-29-24(31)35-10-17-27-21-18-12(2)19(23(33)34-3)36-22(18)26-11-32(21)30-17/h5-8,11,15-16H,4,9-10H2,1-3H3/t15-,16-/m1/s1. The van der Waals surface area contributed by atoms with Crippen molar-refractivity contribution in [3.8, 4) is 0 Å². The van der Waals surface area contributed by atoms with Crippen LogP contribution >= 0.6 is 34.7 Å². The van der Waals surface area contributed by atoms with Gasteiger partial charge in [-0.1, -0.05) is 35.5 Å². The first-order chi connectivity index (χ1) is 17.5. The number of carbonyl (C=O) groups excluding carboxylic acids is 1. The number of esters is 1. The smallest absolute Gasteiger partial charge is 0.348 e. The third kappa shape index (κ3) is 3.95. The van der Waals surface area contributed by atoms with Crippen molar-refractivity contribution in [2.75, 3.05) is 7.11 Å². The Kier molecular flexibility index (Phi) is 5.93. The van der Waals surface area contributed by atoms with E-state index in [9.17, 15) is 4.79 Å². The maximum Gasteiger partial charge on any atom is 0.348 e. The third-order valence-corrected chi connectivity index (χ3v) is 8.89. The summed E-state index contributed by atoms with van der Waals surface area (Å²) in [5.74, 6) is 2.68. The molecule has 2 atom stereocenters. The average molecular weight is 540 g/mol. The van der Waals surface area contributed by atoms with E-state index in [4.69, 9.17) is 21.3 Å². The van der Waals surface area contributed by atoms with Gasteiger partial charge in [-0.25, -0.2) is 19.3 Å². The minimum atomic E-state index is -0.368. The summed E-state index contributed by atoms with van der Waals surface area (Å²) in [5, 5.41) is 16.1. The van der Waals surface area contributed by atoms with E-state index < -0.39 is 0 Å². The van der Waals surface area contributed by atoms with E-state index >= 15 is 0 Å². The molecule has 0 N–H and O–H groups in total. The number of halogens is 1. The van der Waals surface area contributed by atoms with Crippen LogP contribution in [0.4, 0.5) is 0 Å². The van der Waals surface area contributed by atoms with E-state index in [0.29, 0.717) is 33.9 Å². The number of methoxy groups -OCH3 is 1. The monoisotopic (exact) mass is 539 g/mol. The molecule has 36 heavy (non-hydrogen) atoms. The van der Waals surface area contributed by atoms with Crippen molar-refractivity contribution >= 4 is 56.5 Å². The summed E-state index contributed by atoms with van der Waals surface area (Å²) in [6, 6.07) is 8.08. The molecule has 1 aromatic carbocycles. The number of hydrogen-bond acceptors (Lipinski definition) is 9. The van der Waals surface area contributed by atoms with E-state index in [1.165, 1.54) is 24.0 Å². The molecule has 0 unspecified atom stereocenters. The van der Waals surface area contributed by atoms with Gasteiger partial charge in [0.05, 0.1) is 18.2 Å². The summed E-state index contributed by atoms with van der Waals surface area (Å²) in [4.78, 5) is 22.6. The highest BCUT2D eigenvalue weighted by Gasteiger charge is 2.43. The van der Waals surface area contributed by atoms with Gasteiger partial charge in [-0.2, -0.15) is 0 Å². The SMILES string of the molecule is CCn1c(SCc2nc3c4c(C)c(C(=O)OC)sc4ncn3n2)nnc1[C@@H]1C[C@@H]1c1ccc(Cl)cc1. The summed E-state index contributed by atoms with van der Waals surface area (Å²) in [7, 11) is 1.38. The lowest BCUT2D eigenvalue weighted by Gasteiger charge is -2.06. The molecule has 184 valence electrons. The number of aromatic nitrogens is 7. The van der Waals surface area contributed by atoms with Crippen LogP contribution in [-0.4, -0.2) is 47.4 Å². The first-order valence-corrected chi connectivity index (χ1v) is 13.7. The molecular weight excluding hydrogens is 518 g/mol. The number of fused-ring (bicyclic) bond motifs is 3. The average Bonchev–Trinajstić information content (AvgIpc) is 3.22. The van der Waals surface area contributed by atoms with Crippen molar-refractivity contribution in [2.24, 2.45) is 0 Å². The molecule has 0 amide bonds. The second kappa shape index (κ2) is 9.13. The van der Waals surface area contributed by atoms with Crippen LogP contribution in [-0.2, 0) is 17.0 Å². The fraction of sp³-hybridized carbons (Fsp3) is 0.333. The van der Waals surface area contributed by atoms with Crippen LogP contribution in [0.3, 0.4) is 0 Å². The van der Waals surface area contributed by atoms with Crippen LogP contribution in [0.1, 0.15) is 57.6 Å². The van der Waals surface area contributed by atoms with Gasteiger partial charge in [0.25, 0.3) is 0 Å². The lowest BCUT2D eigenvalue weighted by Crippen LogP contribution is -2.03. The molecule has 4 heterocycles. The number of benzene rings is 1. The highest BCUT2D eigenvalue weighted by molar-refractivity contribution is 7.98. The molecule has 0 bridgehead atoms. The van der Waals surface area contributed by atoms with Gasteiger partial charge in [-0.15, -0.1) is 26.6 Å². The van der Waals surface area contributed by atoms with Crippen molar-refractivity contribution in [3.05, 3.63) is 63.3 Å². The third-order valence-electron chi connectivity index (χ3n) is 6.49. The first kappa shape index (κ1) is 23.4. The fourth-order valence-corrected chi connectivity index (χ4v) is 6.64. The van der Waals surface area contributed by atoms with Gasteiger partial charge in [-0.05, 0) is 49.4 Å². The van der Waals surface area contributed by atoms with E-state index in [-0.39, 0.29) is 5.97 Å². The summed E-state index contributed by atoms with van der Waals surface area (Å²) in [6.45, 7) is 4.79. The van der Waals surface area contributed by atoms with Crippen LogP contribution in [0.25, 0.3) is 15.9 Å². The van der Waals surface area contributed by atoms with Gasteiger partial charge >= 0.3 is 5.97 Å². The molecule has 1 fully saturated rings. The molecule has 1 saturated carbocycles. The lowest BCUT2D eigenvalue weighted by molar-refractivity contribution is 0.0605. The second-order valence-electron chi connectivity index (χ2n) is 8.64. The van der Waals surface area contributed by atoms with Crippen LogP contribution in [0.15, 0.2) is 35.7 Å². The van der Waals surface area contributed by atoms with Crippen molar-refractivity contribution in [3.63, 3.8) is 0 Å². The van der Waals surface area contributed by atoms with Crippen molar-refractivity contribution in [2.45, 2.75) is 49.6 Å². The largest absolute Gasteiger partial charge is 0.465 e. The Bertz CT molecular complexity index is 1610. The quantitative estimate of drug-likeness (QED) is 0.204. The molecule has 6 rings (SSSR count). The Labute approximate surface area is 219 Å². The Hall–Kier alpha value is -3.02. The highest BCUT2D eigenvalue weighted by Crippen LogP contribution is 2.54. The zero-order chi connectivity index (χ0) is 25.0. The molecule has 12 heteroatoms. The molecule has 5 aromatic rings. The first-order valence-electron chi connectivity index (χ1n) is 11.5. The predicted octanol–water partition coefficient (Wildman–Crippen LogP) is 5.26. The molecule has 0 aliphatic heterocycles. The van der Waals surface area contributed by atoms with Gasteiger partial charge in [0.1, 0.15) is 21.9 Å². The normalized spacial score (nSPS) is 17.2. The minimum absolute atomic E-state index is 0.367. The Morgan fingerprint density at radius 3 is 2.81 bits per heavy atom. The molecule has 0 radical (unpaired) electrons. The number of thioether (sulfide) groups is 1. The molecule has 0 spiro atoms. The van der Waals surface area contributed by atoms with Gasteiger partial charge in [0.15, 0.2) is 16.6 Å². The molecular formula is C24H22ClN7O2S2. The molecule has 4 aromatic heterocycles. The van der Waals surface area contributed by atoms with Gasteiger partial charge in [0.2, 0.25) is 0 Å². The number of hydrogen-bond donors (Lipinski definition) is 0. The molecule has 1 aliphatic rings. The fourth-order valence-electron chi connectivity index (χ4n) is 4.59. The maximum absolute atomic E-state index is 12.1. The van der Waals surface area contributed by atoms with Crippen molar-refractivity contribution < 1.29 is 9.53 Å². The number of thiophene rings is 1. The zero-order valence-electron chi connectivity index (χ0n) is 19.8. The number of aryl methyl sites for hydroxylation is 1. The van der Waals surface area contributed by atoms with E-state index in [1.807, 2.05) is 19.1 Å². The Balaban J connectivity index is 1.23. The number of nitrogens with zero attached hydrogens (tertiary/aromatic N) is 7. The zero-order valence-corrected chi connectivity index (χ0v) is 22.2. The summed E-state index contributed by atoms with van der Waals surface area (Å²) < 4.78 is 8.76. The van der Waals surface area contributed by atoms with Crippen LogP contribution in [0, 0.1) is 6.92 Å². The number of carbonyl (C=O) groups is 1. The number of ether oxygens (including phenoxy) is 1. The predicted molar refractivity (Wildman–Crippen MR) is 139 cm³/mol. The summed E-state index contributed by atoms with van der Waals surface area (Å²) in [6.07, 6.45) is 2.70. The van der Waals surface area contributed by atoms with Gasteiger partial charge in [0, 0.05) is 17.5 Å². The van der Waals surface area contributed by atoms with Crippen LogP contribution in [0.5, 0.6) is 0 Å². The Morgan fingerprint density at radius 2 is 2.06 bits per heavy atom. The maximum atomic E-state index is 12.1. The van der Waals surface area contributed by atoms with Crippen molar-refractivity contribution in [1.82, 2.24) is 34.3 Å². The second-order valence-corrected chi connectivity index (χ2v) is 11.0. The molecule has 0 saturated heterocycles. The number of rotatable bonds is 7. The lowest BCUT2D eigenvalue weighted by atomic mass is 10.1. The summed E-state index contributed by atoms with van der Waals surface area (Å²) in [5.41, 5.74) is 2.78. The minimum Gasteiger partial charge on any atom is -0.465 e. The van der Waals surface area contributed by atoms with Crippen molar-refractivity contribution in [1.29, 1.82) is 0 Å².